The Labute approximate surface area is 365 Å². The van der Waals surface area contributed by atoms with Gasteiger partial charge in [0, 0.05) is 42.1 Å². The van der Waals surface area contributed by atoms with E-state index in [4.69, 9.17) is 52.5 Å². The van der Waals surface area contributed by atoms with Crippen LogP contribution in [0.15, 0.2) is 54.7 Å². The van der Waals surface area contributed by atoms with Gasteiger partial charge in [0.1, 0.15) is 11.6 Å². The second-order valence-corrected chi connectivity index (χ2v) is 18.4. The summed E-state index contributed by atoms with van der Waals surface area (Å²) in [5, 5.41) is 16.7. The van der Waals surface area contributed by atoms with Crippen molar-refractivity contribution in [2.24, 2.45) is 16.2 Å². The van der Waals surface area contributed by atoms with E-state index in [1.807, 2.05) is 92.6 Å². The third-order valence-corrected chi connectivity index (χ3v) is 6.70. The Kier molecular flexibility index (Phi) is 24.3. The Hall–Kier alpha value is -3.48. The van der Waals surface area contributed by atoms with Crippen LogP contribution in [0, 0.1) is 36.7 Å². The van der Waals surface area contributed by atoms with Gasteiger partial charge in [0.2, 0.25) is 17.7 Å². The Balaban J connectivity index is 0. The van der Waals surface area contributed by atoms with Crippen LogP contribution in [0.3, 0.4) is 0 Å². The molecule has 0 aliphatic heterocycles. The number of nitrogens with one attached hydrogen (secondary N) is 3. The fourth-order valence-electron chi connectivity index (χ4n) is 3.71. The zero-order valence-corrected chi connectivity index (χ0v) is 38.3. The predicted octanol–water partition coefficient (Wildman–Crippen LogP) is -0.948. The Morgan fingerprint density at radius 1 is 0.617 bits per heavy atom. The first kappa shape index (κ1) is 58.6. The number of halogens is 2. The van der Waals surface area contributed by atoms with Crippen molar-refractivity contribution in [1.82, 2.24) is 19.9 Å². The molecule has 0 aromatic carbocycles. The van der Waals surface area contributed by atoms with Crippen molar-refractivity contribution < 1.29 is 99.4 Å². The number of rotatable bonds is 9. The Morgan fingerprint density at radius 3 is 1.27 bits per heavy atom. The van der Waals surface area contributed by atoms with E-state index in [9.17, 15) is 14.4 Å². The number of aromatic nitrogens is 3. The molecule has 337 valence electrons. The molecule has 6 N–H and O–H groups in total. The summed E-state index contributed by atoms with van der Waals surface area (Å²) in [6, 6.07) is 14.7. The Bertz CT molecular complexity index is 1690. The fourth-order valence-corrected chi connectivity index (χ4v) is 3.71. The minimum atomic E-state index is -4.69. The van der Waals surface area contributed by atoms with E-state index in [0.717, 1.165) is 11.4 Å². The van der Waals surface area contributed by atoms with Crippen LogP contribution >= 0.6 is 0 Å². The molecule has 0 spiro atoms. The summed E-state index contributed by atoms with van der Waals surface area (Å²) in [6.45, 7) is 23.2. The molecule has 3 amide bonds. The number of hydrogen-bond donors (Lipinski definition) is 6. The van der Waals surface area contributed by atoms with Crippen LogP contribution in [0.1, 0.15) is 100 Å². The van der Waals surface area contributed by atoms with Gasteiger partial charge in [-0.2, -0.15) is 28.0 Å². The van der Waals surface area contributed by atoms with Gasteiger partial charge in [-0.25, -0.2) is 14.9 Å². The fraction of sp³-hybridized carbons (Fsp3) is 0.514. The number of nitrogens with zero attached hydrogens (tertiary/aromatic N) is 4. The molecule has 0 aliphatic rings. The topological polar surface area (TPSA) is 337 Å². The molecule has 0 saturated heterocycles. The van der Waals surface area contributed by atoms with E-state index in [1.165, 1.54) is 0 Å². The number of carbonyl (C=O) groups excluding carboxylic acids is 3. The van der Waals surface area contributed by atoms with Crippen LogP contribution in [-0.2, 0) is 56.0 Å². The smallest absolute Gasteiger partial charge is 0.324 e. The molecule has 0 saturated carbocycles. The molecule has 0 bridgehead atoms. The Morgan fingerprint density at radius 2 is 0.950 bits per heavy atom. The van der Waals surface area contributed by atoms with Gasteiger partial charge < -0.3 is 16.0 Å². The van der Waals surface area contributed by atoms with Gasteiger partial charge in [-0.05, 0) is 57.2 Å². The minimum absolute atomic E-state index is 0. The van der Waals surface area contributed by atoms with Crippen molar-refractivity contribution in [2.75, 3.05) is 16.0 Å². The SMILES string of the molecule is CC(C)(C)C(=O)Nc1cccc(CN(Cc2cccc(NC(=O)C(C)(C)C)n2)Cc2ncccc2NC(=O)C(C)(C)C)n1.CC(C)(C)OO.[Fe+3].[O-][Cl+3]([O-])([O-])O.[O-][Cl+3]([O-])([O-])O. The molecular formula is C37H57Cl2FeN7O13+3. The molecule has 3 heterocycles. The van der Waals surface area contributed by atoms with Gasteiger partial charge in [0.05, 0.1) is 58.2 Å². The average molecular weight is 935 g/mol. The van der Waals surface area contributed by atoms with Gasteiger partial charge in [0.15, 0.2) is 0 Å². The summed E-state index contributed by atoms with van der Waals surface area (Å²) in [6.07, 6.45) is 1.70. The van der Waals surface area contributed by atoms with Crippen LogP contribution in [-0.4, -0.2) is 57.7 Å². The molecule has 20 nitrogen and oxygen atoms in total. The summed E-state index contributed by atoms with van der Waals surface area (Å²) in [5.74, 6) is 0.581. The van der Waals surface area contributed by atoms with E-state index >= 15 is 0 Å². The number of anilines is 3. The van der Waals surface area contributed by atoms with Gasteiger partial charge in [-0.3, -0.25) is 29.5 Å². The number of hydrogen-bond acceptors (Lipinski definition) is 17. The summed E-state index contributed by atoms with van der Waals surface area (Å²) in [4.78, 5) is 58.0. The van der Waals surface area contributed by atoms with E-state index in [0.29, 0.717) is 42.7 Å². The quantitative estimate of drug-likeness (QED) is 0.0856. The van der Waals surface area contributed by atoms with Gasteiger partial charge in [-0.15, -0.1) is 0 Å². The van der Waals surface area contributed by atoms with Crippen molar-refractivity contribution in [3.63, 3.8) is 0 Å². The average Bonchev–Trinajstić information content (AvgIpc) is 3.03. The maximum absolute atomic E-state index is 12.8. The van der Waals surface area contributed by atoms with E-state index in [2.05, 4.69) is 30.7 Å². The van der Waals surface area contributed by atoms with E-state index in [1.54, 1.807) is 45.2 Å². The van der Waals surface area contributed by atoms with Crippen LogP contribution in [0.2, 0.25) is 0 Å². The van der Waals surface area contributed by atoms with Crippen LogP contribution < -0.4 is 43.9 Å². The van der Waals surface area contributed by atoms with Crippen molar-refractivity contribution in [2.45, 2.75) is 108 Å². The molecule has 60 heavy (non-hydrogen) atoms. The molecular weight excluding hydrogens is 877 g/mol. The van der Waals surface area contributed by atoms with Crippen LogP contribution in [0.5, 0.6) is 0 Å². The monoisotopic (exact) mass is 933 g/mol. The first-order chi connectivity index (χ1) is 26.5. The number of amides is 3. The minimum Gasteiger partial charge on any atom is -0.324 e. The van der Waals surface area contributed by atoms with Crippen LogP contribution in [0.25, 0.3) is 0 Å². The van der Waals surface area contributed by atoms with Crippen molar-refractivity contribution >= 4 is 35.0 Å². The first-order valence-corrected chi connectivity index (χ1v) is 20.1. The maximum atomic E-state index is 12.8. The summed E-state index contributed by atoms with van der Waals surface area (Å²) >= 11 is 0. The number of carbonyl (C=O) groups is 3. The molecule has 0 aliphatic carbocycles. The molecule has 3 aromatic heterocycles. The van der Waals surface area contributed by atoms with Gasteiger partial charge in [0.25, 0.3) is 0 Å². The molecule has 23 heteroatoms. The van der Waals surface area contributed by atoms with E-state index < -0.39 is 42.3 Å². The summed E-state index contributed by atoms with van der Waals surface area (Å²) in [7, 11) is -9.39. The zero-order chi connectivity index (χ0) is 46.2. The standard InChI is InChI=1S/C33H45N7O3.C4H10O2.2ClHO4.Fe/c1-31(2,3)28(41)37-24-15-12-18-34-25(24)21-40(19-22-13-10-16-26(35-22)38-29(42)32(4,5)6)20-23-14-11-17-27(36-23)39-30(43)33(7,8)9;1-4(2,3)6-5;2*2-1(3,4)5;/h10-18H,19-21H2,1-9H3,(H,37,41)(H,35,38,42)(H,36,39,43);5H,1-3H3;2*(H,2,3,4,5);/q;;;;+3. The molecule has 3 aromatic rings. The zero-order valence-electron chi connectivity index (χ0n) is 35.6. The van der Waals surface area contributed by atoms with Crippen LogP contribution in [0.4, 0.5) is 17.3 Å². The molecule has 0 atom stereocenters. The largest absolute Gasteiger partial charge is 3.00 e. The third kappa shape index (κ3) is 29.7. The molecule has 0 unspecified atom stereocenters. The third-order valence-electron chi connectivity index (χ3n) is 6.70. The summed E-state index contributed by atoms with van der Waals surface area (Å²) in [5.41, 5.74) is 0.697. The first-order valence-electron chi connectivity index (χ1n) is 17.6. The second-order valence-electron chi connectivity index (χ2n) is 16.8. The summed E-state index contributed by atoms with van der Waals surface area (Å²) < 4.78 is 65.4. The molecule has 1 radical (unpaired) electrons. The van der Waals surface area contributed by atoms with Crippen molar-refractivity contribution in [3.05, 3.63) is 71.8 Å². The second kappa shape index (κ2) is 24.8. The normalized spacial score (nSPS) is 11.9. The molecule has 0 fully saturated rings. The van der Waals surface area contributed by atoms with Crippen molar-refractivity contribution in [1.29, 1.82) is 0 Å². The van der Waals surface area contributed by atoms with E-state index in [-0.39, 0.29) is 34.8 Å². The van der Waals surface area contributed by atoms with Gasteiger partial charge >= 0.3 is 17.1 Å². The van der Waals surface area contributed by atoms with Crippen molar-refractivity contribution in [3.8, 4) is 0 Å². The molecule has 3 rings (SSSR count). The maximum Gasteiger partial charge on any atom is 3.00 e. The predicted molar refractivity (Wildman–Crippen MR) is 198 cm³/mol. The van der Waals surface area contributed by atoms with Gasteiger partial charge in [-0.1, -0.05) is 74.4 Å². The number of pyridine rings is 3.